The van der Waals surface area contributed by atoms with Crippen LogP contribution < -0.4 is 0 Å². The summed E-state index contributed by atoms with van der Waals surface area (Å²) in [5.41, 5.74) is -1.89. The van der Waals surface area contributed by atoms with Gasteiger partial charge >= 0.3 is 17.9 Å². The van der Waals surface area contributed by atoms with Gasteiger partial charge < -0.3 is 24.1 Å². The molecule has 41 heavy (non-hydrogen) atoms. The van der Waals surface area contributed by atoms with E-state index in [1.165, 1.54) is 6.92 Å². The zero-order chi connectivity index (χ0) is 30.8. The number of Topliss-reactive ketones (excluding diaryl/α,β-unsaturated/α-hetero) is 1. The van der Waals surface area contributed by atoms with E-state index < -0.39 is 70.8 Å². The van der Waals surface area contributed by atoms with Crippen LogP contribution in [-0.2, 0) is 38.1 Å². The molecule has 1 N–H and O–H groups in total. The van der Waals surface area contributed by atoms with E-state index in [2.05, 4.69) is 0 Å². The predicted molar refractivity (Wildman–Crippen MR) is 149 cm³/mol. The Labute approximate surface area is 242 Å². The van der Waals surface area contributed by atoms with E-state index in [0.29, 0.717) is 23.1 Å². The van der Waals surface area contributed by atoms with E-state index in [-0.39, 0.29) is 17.6 Å². The van der Waals surface area contributed by atoms with Crippen LogP contribution in [0, 0.1) is 29.1 Å². The lowest BCUT2D eigenvalue weighted by atomic mass is 9.80. The number of carbonyl (C=O) groups is 4. The van der Waals surface area contributed by atoms with Crippen LogP contribution in [0.4, 0.5) is 0 Å². The van der Waals surface area contributed by atoms with E-state index in [1.54, 1.807) is 59.8 Å². The number of fused-ring (bicyclic) bond motifs is 1. The molecule has 0 aromatic heterocycles. The molecule has 0 aromatic rings. The Morgan fingerprint density at radius 2 is 1.49 bits per heavy atom. The molecular formula is C32H44O9. The maximum Gasteiger partial charge on any atom is 0.333 e. The van der Waals surface area contributed by atoms with Crippen LogP contribution in [0.15, 0.2) is 34.9 Å². The van der Waals surface area contributed by atoms with Crippen LogP contribution in [0.25, 0.3) is 0 Å². The van der Waals surface area contributed by atoms with Crippen molar-refractivity contribution in [2.24, 2.45) is 29.1 Å². The zero-order valence-electron chi connectivity index (χ0n) is 25.8. The first-order chi connectivity index (χ1) is 19.0. The Bertz CT molecular complexity index is 1240. The first-order valence-corrected chi connectivity index (χ1v) is 14.5. The molecule has 4 rings (SSSR count). The number of aliphatic hydroxyl groups is 1. The minimum Gasteiger partial charge on any atom is -0.461 e. The van der Waals surface area contributed by atoms with Gasteiger partial charge in [0.25, 0.3) is 0 Å². The molecular weight excluding hydrogens is 528 g/mol. The third-order valence-electron chi connectivity index (χ3n) is 10.00. The Kier molecular flexibility index (Phi) is 7.97. The molecule has 0 aromatic carbocycles. The van der Waals surface area contributed by atoms with E-state index in [9.17, 15) is 24.3 Å². The highest BCUT2D eigenvalue weighted by Gasteiger charge is 2.84. The number of carbonyl (C=O) groups excluding carboxylic acids is 4. The van der Waals surface area contributed by atoms with E-state index >= 15 is 0 Å². The average Bonchev–Trinajstić information content (AvgIpc) is 3.70. The lowest BCUT2D eigenvalue weighted by Gasteiger charge is -2.28. The Morgan fingerprint density at radius 3 is 2.02 bits per heavy atom. The van der Waals surface area contributed by atoms with Crippen molar-refractivity contribution in [3.63, 3.8) is 0 Å². The molecule has 0 spiro atoms. The number of rotatable bonds is 5. The molecule has 1 saturated heterocycles. The third kappa shape index (κ3) is 4.79. The quantitative estimate of drug-likeness (QED) is 0.171. The summed E-state index contributed by atoms with van der Waals surface area (Å²) in [5.74, 6) is -3.63. The second-order valence-corrected chi connectivity index (χ2v) is 13.0. The number of ketones is 1. The largest absolute Gasteiger partial charge is 0.461 e. The van der Waals surface area contributed by atoms with Crippen molar-refractivity contribution < 1.29 is 43.2 Å². The van der Waals surface area contributed by atoms with Gasteiger partial charge in [0, 0.05) is 29.9 Å². The summed E-state index contributed by atoms with van der Waals surface area (Å²) in [5, 5.41) is 11.8. The van der Waals surface area contributed by atoms with Crippen LogP contribution in [0.1, 0.15) is 75.7 Å². The van der Waals surface area contributed by atoms with Gasteiger partial charge in [0.15, 0.2) is 17.0 Å². The zero-order valence-corrected chi connectivity index (χ0v) is 25.8. The molecule has 0 radical (unpaired) electrons. The Hall–Kier alpha value is -2.78. The summed E-state index contributed by atoms with van der Waals surface area (Å²) < 4.78 is 24.1. The number of allylic oxidation sites excluding steroid dienone is 2. The molecule has 9 nitrogen and oxygen atoms in total. The van der Waals surface area contributed by atoms with Gasteiger partial charge in [-0.3, -0.25) is 9.59 Å². The van der Waals surface area contributed by atoms with Crippen LogP contribution in [0.3, 0.4) is 0 Å². The highest BCUT2D eigenvalue weighted by Crippen LogP contribution is 2.68. The van der Waals surface area contributed by atoms with Gasteiger partial charge in [0.1, 0.15) is 24.4 Å². The fourth-order valence-electron chi connectivity index (χ4n) is 7.36. The molecule has 4 aliphatic rings. The fourth-order valence-corrected chi connectivity index (χ4v) is 7.36. The summed E-state index contributed by atoms with van der Waals surface area (Å²) in [6.45, 7) is 17.3. The van der Waals surface area contributed by atoms with Crippen LogP contribution >= 0.6 is 0 Å². The fraction of sp³-hybridized carbons (Fsp3) is 0.688. The summed E-state index contributed by atoms with van der Waals surface area (Å²) in [6, 6.07) is 0. The number of ether oxygens (including phenoxy) is 4. The second-order valence-electron chi connectivity index (χ2n) is 13.0. The number of hydrogen-bond acceptors (Lipinski definition) is 9. The topological polar surface area (TPSA) is 129 Å². The van der Waals surface area contributed by atoms with Gasteiger partial charge in [-0.15, -0.1) is 0 Å². The molecule has 1 heterocycles. The number of aliphatic hydroxyl groups excluding tert-OH is 1. The molecule has 9 heteroatoms. The van der Waals surface area contributed by atoms with Crippen molar-refractivity contribution in [2.75, 3.05) is 0 Å². The Balaban J connectivity index is 1.87. The Morgan fingerprint density at radius 1 is 0.951 bits per heavy atom. The standard InChI is InChI=1S/C32H44O9/c1-11-15(3)28(36)39-25-22-21(30(22,9)10)24(38-20(8)33)19(7)26(35)31-14-18(6)27(40-29(37)16(4)12-2)32(31,41-31)13-17(5)23(25)34/h11-13,18-19,21-25,27,34H,14H2,1-10H3/b15-11+,16-12+,17-13+/t18-,19+,21-,22+,23+,24-,25-,27-,31-,32-/m0/s1. The van der Waals surface area contributed by atoms with Crippen LogP contribution in [0.5, 0.6) is 0 Å². The minimum absolute atomic E-state index is 0.235. The van der Waals surface area contributed by atoms with Crippen LogP contribution in [0.2, 0.25) is 0 Å². The molecule has 2 saturated carbocycles. The SMILES string of the molecule is C/C=C(\C)C(=O)O[C@H]1[C@H]2[C@@H]([C@@H](OC(C)=O)[C@@H](C)C(=O)[C@@]34C[C@H](C)[C@H](OC(=O)/C(C)=C/C)[C@]3(/C=C(\C)[C@H]1O)O4)C2(C)C. The average molecular weight is 573 g/mol. The molecule has 0 unspecified atom stereocenters. The van der Waals surface area contributed by atoms with Gasteiger partial charge in [-0.1, -0.05) is 39.8 Å². The van der Waals surface area contributed by atoms with Crippen LogP contribution in [-0.4, -0.2) is 64.4 Å². The highest BCUT2D eigenvalue weighted by atomic mass is 16.7. The van der Waals surface area contributed by atoms with Crippen molar-refractivity contribution in [1.29, 1.82) is 0 Å². The second kappa shape index (κ2) is 10.5. The van der Waals surface area contributed by atoms with Gasteiger partial charge in [0.05, 0.1) is 5.92 Å². The lowest BCUT2D eigenvalue weighted by Crippen LogP contribution is -2.43. The minimum atomic E-state index is -1.31. The van der Waals surface area contributed by atoms with Gasteiger partial charge in [0.2, 0.25) is 0 Å². The van der Waals surface area contributed by atoms with Crippen molar-refractivity contribution in [3.05, 3.63) is 34.9 Å². The molecule has 0 amide bonds. The maximum absolute atomic E-state index is 14.4. The van der Waals surface area contributed by atoms with Crippen molar-refractivity contribution in [1.82, 2.24) is 0 Å². The van der Waals surface area contributed by atoms with Gasteiger partial charge in [-0.2, -0.15) is 0 Å². The maximum atomic E-state index is 14.4. The molecule has 1 aliphatic heterocycles. The summed E-state index contributed by atoms with van der Waals surface area (Å²) in [4.78, 5) is 52.5. The summed E-state index contributed by atoms with van der Waals surface area (Å²) in [7, 11) is 0. The summed E-state index contributed by atoms with van der Waals surface area (Å²) in [6.07, 6.45) is 1.40. The normalized spacial score (nSPS) is 42.8. The first kappa shape index (κ1) is 31.2. The molecule has 10 atom stereocenters. The van der Waals surface area contributed by atoms with Gasteiger partial charge in [-0.05, 0) is 64.0 Å². The number of epoxide rings is 1. The van der Waals surface area contributed by atoms with E-state index in [1.807, 2.05) is 20.8 Å². The van der Waals surface area contributed by atoms with Crippen molar-refractivity contribution in [3.8, 4) is 0 Å². The number of hydrogen-bond donors (Lipinski definition) is 1. The molecule has 3 aliphatic carbocycles. The molecule has 226 valence electrons. The van der Waals surface area contributed by atoms with E-state index in [4.69, 9.17) is 18.9 Å². The van der Waals surface area contributed by atoms with Crippen molar-refractivity contribution >= 4 is 23.7 Å². The lowest BCUT2D eigenvalue weighted by molar-refractivity contribution is -0.157. The first-order valence-electron chi connectivity index (χ1n) is 14.5. The van der Waals surface area contributed by atoms with E-state index in [0.717, 1.165) is 0 Å². The van der Waals surface area contributed by atoms with Gasteiger partial charge in [-0.25, -0.2) is 9.59 Å². The van der Waals surface area contributed by atoms with Crippen molar-refractivity contribution in [2.45, 2.75) is 111 Å². The molecule has 3 fully saturated rings. The smallest absolute Gasteiger partial charge is 0.333 e. The summed E-state index contributed by atoms with van der Waals surface area (Å²) >= 11 is 0. The monoisotopic (exact) mass is 572 g/mol. The number of esters is 3. The molecule has 0 bridgehead atoms. The third-order valence-corrected chi connectivity index (χ3v) is 10.00. The highest BCUT2D eigenvalue weighted by molar-refractivity contribution is 5.96. The predicted octanol–water partition coefficient (Wildman–Crippen LogP) is 4.02.